The highest BCUT2D eigenvalue weighted by Gasteiger charge is 2.07. The lowest BCUT2D eigenvalue weighted by molar-refractivity contribution is -0.384. The number of nitrogens with one attached hydrogen (secondary N) is 2. The molecule has 4 N–H and O–H groups in total. The third-order valence-electron chi connectivity index (χ3n) is 4.35. The maximum Gasteiger partial charge on any atom is 0.269 e. The third-order valence-corrected chi connectivity index (χ3v) is 5.28. The van der Waals surface area contributed by atoms with Crippen molar-refractivity contribution < 1.29 is 13.3 Å². The molecule has 2 rings (SSSR count). The first-order valence-electron chi connectivity index (χ1n) is 9.67. The highest BCUT2D eigenvalue weighted by Crippen LogP contribution is 2.12. The minimum atomic E-state index is -3.72. The van der Waals surface area contributed by atoms with Crippen LogP contribution in [0.4, 0.5) is 5.69 Å². The van der Waals surface area contributed by atoms with E-state index in [0.29, 0.717) is 19.0 Å². The van der Waals surface area contributed by atoms with Crippen molar-refractivity contribution in [3.63, 3.8) is 0 Å². The number of non-ortho nitro benzene ring substituents is 1. The molecule has 0 amide bonds. The molecule has 170 valence electrons. The highest BCUT2D eigenvalue weighted by atomic mass is 127. The average molecular weight is 561 g/mol. The molecule has 9 nitrogen and oxygen atoms in total. The van der Waals surface area contributed by atoms with E-state index >= 15 is 0 Å². The summed E-state index contributed by atoms with van der Waals surface area (Å²) in [6.07, 6.45) is 3.23. The van der Waals surface area contributed by atoms with E-state index in [2.05, 4.69) is 22.5 Å². The van der Waals surface area contributed by atoms with Crippen LogP contribution in [0.1, 0.15) is 37.3 Å². The van der Waals surface area contributed by atoms with Crippen molar-refractivity contribution in [2.45, 2.75) is 44.2 Å². The van der Waals surface area contributed by atoms with Crippen LogP contribution in [0, 0.1) is 10.1 Å². The van der Waals surface area contributed by atoms with Crippen LogP contribution in [0.5, 0.6) is 0 Å². The Labute approximate surface area is 199 Å². The second-order valence-electron chi connectivity index (χ2n) is 6.76. The van der Waals surface area contributed by atoms with Gasteiger partial charge in [0.15, 0.2) is 5.96 Å². The normalized spacial score (nSPS) is 11.5. The number of halogens is 1. The fourth-order valence-electron chi connectivity index (χ4n) is 2.63. The summed E-state index contributed by atoms with van der Waals surface area (Å²) in [7, 11) is -3.72. The molecule has 0 spiro atoms. The number of nitrogens with zero attached hydrogens (tertiary/aromatic N) is 2. The Morgan fingerprint density at radius 1 is 1.03 bits per heavy atom. The van der Waals surface area contributed by atoms with E-state index in [1.807, 2.05) is 0 Å². The topological polar surface area (TPSA) is 140 Å². The van der Waals surface area contributed by atoms with E-state index in [0.717, 1.165) is 36.9 Å². The third kappa shape index (κ3) is 9.61. The quantitative estimate of drug-likeness (QED) is 0.102. The molecule has 0 saturated heterocycles. The number of nitro benzene ring substituents is 1. The second kappa shape index (κ2) is 13.2. The number of guanidine groups is 1. The minimum absolute atomic E-state index is 0. The number of nitro groups is 1. The standard InChI is InChI=1S/C20H27N5O4S.HI/c1-2-3-4-13-22-20(23-14-16-5-9-18(10-6-16)25(26)27)24-15-17-7-11-19(12-8-17)30(21,28)29;/h5-12H,2-4,13-15H2,1H3,(H2,21,28,29)(H2,22,23,24);1H. The summed E-state index contributed by atoms with van der Waals surface area (Å²) in [5, 5.41) is 22.4. The van der Waals surface area contributed by atoms with Gasteiger partial charge in [0.1, 0.15) is 0 Å². The van der Waals surface area contributed by atoms with Gasteiger partial charge < -0.3 is 10.6 Å². The summed E-state index contributed by atoms with van der Waals surface area (Å²) >= 11 is 0. The molecule has 0 bridgehead atoms. The van der Waals surface area contributed by atoms with Crippen LogP contribution in [0.25, 0.3) is 0 Å². The SMILES string of the molecule is CCCCCNC(=NCc1ccc(S(N)(=O)=O)cc1)NCc1ccc([N+](=O)[O-])cc1.I. The van der Waals surface area contributed by atoms with E-state index in [4.69, 9.17) is 5.14 Å². The number of hydrogen-bond donors (Lipinski definition) is 3. The lowest BCUT2D eigenvalue weighted by Crippen LogP contribution is -2.37. The number of hydrogen-bond acceptors (Lipinski definition) is 5. The smallest absolute Gasteiger partial charge is 0.269 e. The van der Waals surface area contributed by atoms with Crippen LogP contribution >= 0.6 is 24.0 Å². The van der Waals surface area contributed by atoms with Gasteiger partial charge in [-0.05, 0) is 29.7 Å². The molecule has 0 unspecified atom stereocenters. The van der Waals surface area contributed by atoms with Crippen LogP contribution in [0.15, 0.2) is 58.4 Å². The van der Waals surface area contributed by atoms with Crippen molar-refractivity contribution in [1.82, 2.24) is 10.6 Å². The molecule has 0 heterocycles. The number of rotatable bonds is 10. The fraction of sp³-hybridized carbons (Fsp3) is 0.350. The van der Waals surface area contributed by atoms with Gasteiger partial charge in [-0.1, -0.05) is 44.0 Å². The van der Waals surface area contributed by atoms with Gasteiger partial charge in [-0.2, -0.15) is 0 Å². The van der Waals surface area contributed by atoms with Crippen molar-refractivity contribution in [3.05, 3.63) is 69.8 Å². The molecule has 31 heavy (non-hydrogen) atoms. The molecular formula is C20H28IN5O4S. The van der Waals surface area contributed by atoms with Crippen LogP contribution in [0.2, 0.25) is 0 Å². The van der Waals surface area contributed by atoms with Crippen LogP contribution in [-0.2, 0) is 23.1 Å². The molecule has 2 aromatic carbocycles. The Morgan fingerprint density at radius 2 is 1.65 bits per heavy atom. The number of aliphatic imine (C=N–C) groups is 1. The molecule has 0 saturated carbocycles. The zero-order valence-corrected chi connectivity index (χ0v) is 20.4. The second-order valence-corrected chi connectivity index (χ2v) is 8.33. The summed E-state index contributed by atoms with van der Waals surface area (Å²) in [6, 6.07) is 12.6. The Bertz CT molecular complexity index is 964. The van der Waals surface area contributed by atoms with Gasteiger partial charge >= 0.3 is 0 Å². The zero-order chi connectivity index (χ0) is 22.0. The maximum atomic E-state index is 11.4. The first-order valence-corrected chi connectivity index (χ1v) is 11.2. The molecule has 0 aliphatic carbocycles. The van der Waals surface area contributed by atoms with Crippen molar-refractivity contribution >= 4 is 45.6 Å². The van der Waals surface area contributed by atoms with Crippen LogP contribution in [0.3, 0.4) is 0 Å². The summed E-state index contributed by atoms with van der Waals surface area (Å²) in [4.78, 5) is 14.9. The van der Waals surface area contributed by atoms with Gasteiger partial charge in [-0.25, -0.2) is 18.5 Å². The fourth-order valence-corrected chi connectivity index (χ4v) is 3.15. The number of primary sulfonamides is 1. The van der Waals surface area contributed by atoms with Gasteiger partial charge in [-0.15, -0.1) is 24.0 Å². The van der Waals surface area contributed by atoms with Gasteiger partial charge in [-0.3, -0.25) is 10.1 Å². The Morgan fingerprint density at radius 3 is 2.19 bits per heavy atom. The largest absolute Gasteiger partial charge is 0.356 e. The monoisotopic (exact) mass is 561 g/mol. The molecular weight excluding hydrogens is 533 g/mol. The Balaban J connectivity index is 0.00000480. The van der Waals surface area contributed by atoms with Crippen molar-refractivity contribution in [2.75, 3.05) is 6.54 Å². The Kier molecular flexibility index (Phi) is 11.4. The van der Waals surface area contributed by atoms with Crippen LogP contribution in [-0.4, -0.2) is 25.8 Å². The lowest BCUT2D eigenvalue weighted by Gasteiger charge is -2.13. The number of nitrogens with two attached hydrogens (primary N) is 1. The van der Waals surface area contributed by atoms with Crippen molar-refractivity contribution in [2.24, 2.45) is 10.1 Å². The van der Waals surface area contributed by atoms with E-state index in [1.165, 1.54) is 24.3 Å². The first kappa shape index (κ1) is 26.8. The zero-order valence-electron chi connectivity index (χ0n) is 17.3. The van der Waals surface area contributed by atoms with Crippen molar-refractivity contribution in [1.29, 1.82) is 0 Å². The van der Waals surface area contributed by atoms with Gasteiger partial charge in [0.2, 0.25) is 10.0 Å². The summed E-state index contributed by atoms with van der Waals surface area (Å²) in [5.41, 5.74) is 1.78. The molecule has 0 fully saturated rings. The molecule has 11 heteroatoms. The maximum absolute atomic E-state index is 11.4. The molecule has 0 aromatic heterocycles. The minimum Gasteiger partial charge on any atom is -0.356 e. The van der Waals surface area contributed by atoms with E-state index in [9.17, 15) is 18.5 Å². The number of sulfonamides is 1. The van der Waals surface area contributed by atoms with E-state index in [-0.39, 0.29) is 34.6 Å². The van der Waals surface area contributed by atoms with Crippen molar-refractivity contribution in [3.8, 4) is 0 Å². The Hall–Kier alpha value is -2.25. The first-order chi connectivity index (χ1) is 14.3. The summed E-state index contributed by atoms with van der Waals surface area (Å²) in [5.74, 6) is 0.611. The average Bonchev–Trinajstić information content (AvgIpc) is 2.72. The number of benzene rings is 2. The van der Waals surface area contributed by atoms with E-state index in [1.54, 1.807) is 24.3 Å². The van der Waals surface area contributed by atoms with Crippen LogP contribution < -0.4 is 15.8 Å². The molecule has 2 aromatic rings. The predicted molar refractivity (Wildman–Crippen MR) is 132 cm³/mol. The molecule has 0 aliphatic heterocycles. The van der Waals surface area contributed by atoms with Gasteiger partial charge in [0, 0.05) is 25.2 Å². The molecule has 0 radical (unpaired) electrons. The van der Waals surface area contributed by atoms with Gasteiger partial charge in [0.05, 0.1) is 16.4 Å². The highest BCUT2D eigenvalue weighted by molar-refractivity contribution is 14.0. The predicted octanol–water partition coefficient (Wildman–Crippen LogP) is 3.29. The molecule has 0 aliphatic rings. The number of unbranched alkanes of at least 4 members (excludes halogenated alkanes) is 2. The van der Waals surface area contributed by atoms with Gasteiger partial charge in [0.25, 0.3) is 5.69 Å². The van der Waals surface area contributed by atoms with E-state index < -0.39 is 14.9 Å². The lowest BCUT2D eigenvalue weighted by atomic mass is 10.2. The summed E-state index contributed by atoms with van der Waals surface area (Å²) in [6.45, 7) is 3.72. The summed E-state index contributed by atoms with van der Waals surface area (Å²) < 4.78 is 22.7. The molecule has 0 atom stereocenters.